The van der Waals surface area contributed by atoms with Gasteiger partial charge in [0.05, 0.1) is 17.2 Å². The SMILES string of the molecule is FC(F)(F)c1cc(-c2cc([C@@H]3CCCN3)on2)cc(C(F)(F)F)c1. The second-order valence-corrected chi connectivity index (χ2v) is 5.56. The second-order valence-electron chi connectivity index (χ2n) is 5.56. The molecule has 1 aromatic heterocycles. The number of aromatic nitrogens is 1. The monoisotopic (exact) mass is 350 g/mol. The number of hydrogen-bond acceptors (Lipinski definition) is 3. The molecular weight excluding hydrogens is 338 g/mol. The van der Waals surface area contributed by atoms with Crippen LogP contribution in [0.3, 0.4) is 0 Å². The van der Waals surface area contributed by atoms with Crippen molar-refractivity contribution in [2.24, 2.45) is 0 Å². The summed E-state index contributed by atoms with van der Waals surface area (Å²) in [4.78, 5) is 0. The smallest absolute Gasteiger partial charge is 0.359 e. The summed E-state index contributed by atoms with van der Waals surface area (Å²) in [5, 5.41) is 6.74. The molecule has 1 aromatic carbocycles. The minimum atomic E-state index is -4.89. The highest BCUT2D eigenvalue weighted by Gasteiger charge is 2.37. The zero-order valence-corrected chi connectivity index (χ0v) is 12.1. The van der Waals surface area contributed by atoms with Gasteiger partial charge in [0.1, 0.15) is 5.69 Å². The second kappa shape index (κ2) is 5.80. The van der Waals surface area contributed by atoms with Crippen LogP contribution in [0, 0.1) is 0 Å². The van der Waals surface area contributed by atoms with Gasteiger partial charge in [0, 0.05) is 11.6 Å². The van der Waals surface area contributed by atoms with Crippen LogP contribution < -0.4 is 5.32 Å². The minimum absolute atomic E-state index is 0.0599. The Balaban J connectivity index is 2.03. The average molecular weight is 350 g/mol. The van der Waals surface area contributed by atoms with Gasteiger partial charge in [0.2, 0.25) is 0 Å². The number of halogens is 6. The van der Waals surface area contributed by atoms with Crippen molar-refractivity contribution in [1.82, 2.24) is 10.5 Å². The first-order valence-electron chi connectivity index (χ1n) is 7.14. The molecule has 1 aliphatic rings. The lowest BCUT2D eigenvalue weighted by Crippen LogP contribution is -2.11. The van der Waals surface area contributed by atoms with Crippen molar-refractivity contribution < 1.29 is 30.9 Å². The van der Waals surface area contributed by atoms with Crippen molar-refractivity contribution >= 4 is 0 Å². The molecule has 3 rings (SSSR count). The maximum absolute atomic E-state index is 12.9. The molecule has 9 heteroatoms. The van der Waals surface area contributed by atoms with Crippen LogP contribution in [-0.4, -0.2) is 11.7 Å². The molecule has 3 nitrogen and oxygen atoms in total. The fourth-order valence-corrected chi connectivity index (χ4v) is 2.62. The van der Waals surface area contributed by atoms with E-state index in [0.717, 1.165) is 19.4 Å². The molecule has 24 heavy (non-hydrogen) atoms. The Kier molecular flexibility index (Phi) is 4.06. The third-order valence-electron chi connectivity index (χ3n) is 3.82. The van der Waals surface area contributed by atoms with Gasteiger partial charge in [-0.2, -0.15) is 26.3 Å². The molecule has 0 radical (unpaired) electrons. The van der Waals surface area contributed by atoms with Crippen LogP contribution in [0.25, 0.3) is 11.3 Å². The predicted octanol–water partition coefficient (Wildman–Crippen LogP) is 4.80. The molecule has 0 bridgehead atoms. The van der Waals surface area contributed by atoms with Crippen LogP contribution in [0.1, 0.15) is 35.8 Å². The van der Waals surface area contributed by atoms with E-state index in [1.54, 1.807) is 0 Å². The average Bonchev–Trinajstić information content (AvgIpc) is 3.16. The molecule has 130 valence electrons. The lowest BCUT2D eigenvalue weighted by atomic mass is 10.0. The highest BCUT2D eigenvalue weighted by atomic mass is 19.4. The summed E-state index contributed by atoms with van der Waals surface area (Å²) in [6, 6.07) is 2.61. The van der Waals surface area contributed by atoms with Crippen LogP contribution >= 0.6 is 0 Å². The Hall–Kier alpha value is -2.03. The van der Waals surface area contributed by atoms with Gasteiger partial charge in [0.25, 0.3) is 0 Å². The summed E-state index contributed by atoms with van der Waals surface area (Å²) in [5.74, 6) is 0.397. The van der Waals surface area contributed by atoms with Crippen LogP contribution in [0.2, 0.25) is 0 Å². The van der Waals surface area contributed by atoms with Gasteiger partial charge in [0.15, 0.2) is 5.76 Å². The highest BCUT2D eigenvalue weighted by molar-refractivity contribution is 5.62. The van der Waals surface area contributed by atoms with Crippen LogP contribution in [0.4, 0.5) is 26.3 Å². The number of rotatable bonds is 2. The summed E-state index contributed by atoms with van der Waals surface area (Å²) in [6.07, 6.45) is -8.11. The molecule has 0 saturated carbocycles. The quantitative estimate of drug-likeness (QED) is 0.791. The van der Waals surface area contributed by atoms with Crippen LogP contribution in [0.15, 0.2) is 28.8 Å². The van der Waals surface area contributed by atoms with E-state index in [2.05, 4.69) is 10.5 Å². The maximum Gasteiger partial charge on any atom is 0.416 e. The molecule has 1 N–H and O–H groups in total. The third kappa shape index (κ3) is 3.40. The van der Waals surface area contributed by atoms with Crippen LogP contribution in [0.5, 0.6) is 0 Å². The Morgan fingerprint density at radius 1 is 0.958 bits per heavy atom. The summed E-state index contributed by atoms with van der Waals surface area (Å²) in [5.41, 5.74) is -3.10. The number of benzene rings is 1. The van der Waals surface area contributed by atoms with Crippen molar-refractivity contribution in [2.75, 3.05) is 6.54 Å². The summed E-state index contributed by atoms with van der Waals surface area (Å²) in [6.45, 7) is 0.766. The van der Waals surface area contributed by atoms with Crippen molar-refractivity contribution in [3.8, 4) is 11.3 Å². The van der Waals surface area contributed by atoms with Gasteiger partial charge in [-0.3, -0.25) is 0 Å². The number of hydrogen-bond donors (Lipinski definition) is 1. The van der Waals surface area contributed by atoms with Gasteiger partial charge in [-0.05, 0) is 37.6 Å². The number of alkyl halides is 6. The molecule has 1 saturated heterocycles. The molecule has 0 spiro atoms. The molecule has 2 aromatic rings. The number of nitrogens with zero attached hydrogens (tertiary/aromatic N) is 1. The summed E-state index contributed by atoms with van der Waals surface area (Å²) < 4.78 is 82.4. The molecule has 0 unspecified atom stereocenters. The normalized spacial score (nSPS) is 19.0. The van der Waals surface area contributed by atoms with E-state index < -0.39 is 23.5 Å². The van der Waals surface area contributed by atoms with Gasteiger partial charge in [-0.15, -0.1) is 0 Å². The maximum atomic E-state index is 12.9. The van der Waals surface area contributed by atoms with Gasteiger partial charge >= 0.3 is 12.4 Å². The van der Waals surface area contributed by atoms with E-state index in [-0.39, 0.29) is 23.4 Å². The van der Waals surface area contributed by atoms with E-state index in [1.807, 2.05) is 0 Å². The van der Waals surface area contributed by atoms with Gasteiger partial charge in [-0.25, -0.2) is 0 Å². The molecule has 0 aliphatic carbocycles. The Morgan fingerprint density at radius 2 is 1.58 bits per heavy atom. The zero-order valence-electron chi connectivity index (χ0n) is 12.1. The van der Waals surface area contributed by atoms with Crippen molar-refractivity contribution in [1.29, 1.82) is 0 Å². The topological polar surface area (TPSA) is 38.1 Å². The molecule has 1 aliphatic heterocycles. The molecule has 2 heterocycles. The summed E-state index contributed by atoms with van der Waals surface area (Å²) >= 11 is 0. The lowest BCUT2D eigenvalue weighted by molar-refractivity contribution is -0.143. The minimum Gasteiger partial charge on any atom is -0.359 e. The first-order valence-corrected chi connectivity index (χ1v) is 7.14. The Bertz CT molecular complexity index is 696. The van der Waals surface area contributed by atoms with Crippen molar-refractivity contribution in [3.05, 3.63) is 41.2 Å². The predicted molar refractivity (Wildman–Crippen MR) is 71.9 cm³/mol. The third-order valence-corrected chi connectivity index (χ3v) is 3.82. The molecule has 0 amide bonds. The largest absolute Gasteiger partial charge is 0.416 e. The lowest BCUT2D eigenvalue weighted by Gasteiger charge is -2.13. The first-order chi connectivity index (χ1) is 11.1. The van der Waals surface area contributed by atoms with E-state index in [9.17, 15) is 26.3 Å². The molecule has 1 atom stereocenters. The molecular formula is C15H12F6N2O. The standard InChI is InChI=1S/C15H12F6N2O/c16-14(17,18)9-4-8(5-10(6-9)15(19,20)21)12-7-13(24-23-12)11-2-1-3-22-11/h4-7,11,22H,1-3H2/t11-/m0/s1. The van der Waals surface area contributed by atoms with E-state index in [0.29, 0.717) is 17.9 Å². The van der Waals surface area contributed by atoms with Gasteiger partial charge < -0.3 is 9.84 Å². The Labute approximate surface area is 132 Å². The zero-order chi connectivity index (χ0) is 17.5. The highest BCUT2D eigenvalue weighted by Crippen LogP contribution is 2.39. The summed E-state index contributed by atoms with van der Waals surface area (Å²) in [7, 11) is 0. The first kappa shape index (κ1) is 16.8. The fourth-order valence-electron chi connectivity index (χ4n) is 2.62. The molecule has 1 fully saturated rings. The van der Waals surface area contributed by atoms with Crippen molar-refractivity contribution in [3.63, 3.8) is 0 Å². The van der Waals surface area contributed by atoms with Crippen molar-refractivity contribution in [2.45, 2.75) is 31.2 Å². The fraction of sp³-hybridized carbons (Fsp3) is 0.400. The van der Waals surface area contributed by atoms with E-state index in [1.165, 1.54) is 6.07 Å². The number of nitrogens with one attached hydrogen (secondary N) is 1. The van der Waals surface area contributed by atoms with Crippen LogP contribution in [-0.2, 0) is 12.4 Å². The Morgan fingerprint density at radius 3 is 2.08 bits per heavy atom. The van der Waals surface area contributed by atoms with E-state index in [4.69, 9.17) is 4.52 Å². The van der Waals surface area contributed by atoms with Gasteiger partial charge in [-0.1, -0.05) is 5.16 Å². The van der Waals surface area contributed by atoms with E-state index >= 15 is 0 Å².